The molecule has 0 bridgehead atoms. The summed E-state index contributed by atoms with van der Waals surface area (Å²) < 4.78 is 12.6. The molecule has 1 aromatic heterocycles. The highest BCUT2D eigenvalue weighted by Crippen LogP contribution is 2.35. The van der Waals surface area contributed by atoms with Crippen LogP contribution in [-0.4, -0.2) is 21.8 Å². The van der Waals surface area contributed by atoms with E-state index in [-0.39, 0.29) is 6.79 Å². The highest BCUT2D eigenvalue weighted by atomic mass is 16.7. The quantitative estimate of drug-likeness (QED) is 0.739. The van der Waals surface area contributed by atoms with Crippen LogP contribution in [0.4, 0.5) is 0 Å². The Morgan fingerprint density at radius 3 is 2.76 bits per heavy atom. The van der Waals surface area contributed by atoms with Crippen molar-refractivity contribution in [1.29, 1.82) is 0 Å². The number of benzene rings is 2. The van der Waals surface area contributed by atoms with Crippen molar-refractivity contribution in [3.8, 4) is 22.8 Å². The number of fused-ring (bicyclic) bond motifs is 1. The van der Waals surface area contributed by atoms with Crippen molar-refractivity contribution in [1.82, 2.24) is 15.0 Å². The van der Waals surface area contributed by atoms with Crippen LogP contribution >= 0.6 is 0 Å². The fraction of sp³-hybridized carbons (Fsp3) is 0.125. The number of hydrogen-bond acceptors (Lipinski definition) is 4. The lowest BCUT2D eigenvalue weighted by atomic mass is 10.1. The fourth-order valence-electron chi connectivity index (χ4n) is 2.41. The SMILES string of the molecule is c1ccc(Cn2nncc2-c2ccc3c(c2)OCO3)cc1. The van der Waals surface area contributed by atoms with Crippen LogP contribution in [0.2, 0.25) is 0 Å². The third kappa shape index (κ3) is 2.23. The van der Waals surface area contributed by atoms with E-state index in [1.165, 1.54) is 5.56 Å². The molecule has 5 heteroatoms. The molecule has 0 saturated carbocycles. The Hall–Kier alpha value is -2.82. The van der Waals surface area contributed by atoms with Gasteiger partial charge in [-0.05, 0) is 23.8 Å². The van der Waals surface area contributed by atoms with Gasteiger partial charge in [0.1, 0.15) is 0 Å². The molecule has 2 heterocycles. The van der Waals surface area contributed by atoms with Gasteiger partial charge in [-0.1, -0.05) is 35.5 Å². The molecule has 4 rings (SSSR count). The minimum atomic E-state index is 0.278. The Kier molecular flexibility index (Phi) is 2.81. The lowest BCUT2D eigenvalue weighted by molar-refractivity contribution is 0.174. The lowest BCUT2D eigenvalue weighted by Crippen LogP contribution is -2.03. The molecule has 3 aromatic rings. The largest absolute Gasteiger partial charge is 0.454 e. The summed E-state index contributed by atoms with van der Waals surface area (Å²) in [6.45, 7) is 0.963. The van der Waals surface area contributed by atoms with E-state index in [9.17, 15) is 0 Å². The van der Waals surface area contributed by atoms with Gasteiger partial charge in [0, 0.05) is 5.56 Å². The first-order valence-corrected chi connectivity index (χ1v) is 6.72. The predicted molar refractivity (Wildman–Crippen MR) is 77.1 cm³/mol. The van der Waals surface area contributed by atoms with Crippen molar-refractivity contribution in [2.24, 2.45) is 0 Å². The third-order valence-electron chi connectivity index (χ3n) is 3.46. The summed E-state index contributed by atoms with van der Waals surface area (Å²) in [5.41, 5.74) is 3.15. The highest BCUT2D eigenvalue weighted by Gasteiger charge is 2.16. The zero-order chi connectivity index (χ0) is 14.1. The number of hydrogen-bond donors (Lipinski definition) is 0. The molecule has 0 unspecified atom stereocenters. The van der Waals surface area contributed by atoms with Gasteiger partial charge in [-0.15, -0.1) is 5.10 Å². The van der Waals surface area contributed by atoms with Crippen molar-refractivity contribution >= 4 is 0 Å². The van der Waals surface area contributed by atoms with Gasteiger partial charge in [-0.25, -0.2) is 4.68 Å². The van der Waals surface area contributed by atoms with Crippen LogP contribution in [-0.2, 0) is 6.54 Å². The van der Waals surface area contributed by atoms with Crippen LogP contribution in [0.1, 0.15) is 5.56 Å². The average molecular weight is 279 g/mol. The van der Waals surface area contributed by atoms with Crippen LogP contribution in [0.15, 0.2) is 54.7 Å². The van der Waals surface area contributed by atoms with E-state index in [2.05, 4.69) is 22.4 Å². The van der Waals surface area contributed by atoms with Gasteiger partial charge in [-0.2, -0.15) is 0 Å². The smallest absolute Gasteiger partial charge is 0.231 e. The lowest BCUT2D eigenvalue weighted by Gasteiger charge is -2.07. The summed E-state index contributed by atoms with van der Waals surface area (Å²) in [4.78, 5) is 0. The predicted octanol–water partition coefficient (Wildman–Crippen LogP) is 2.72. The zero-order valence-corrected chi connectivity index (χ0v) is 11.3. The number of aromatic nitrogens is 3. The van der Waals surface area contributed by atoms with Crippen molar-refractivity contribution in [3.63, 3.8) is 0 Å². The van der Waals surface area contributed by atoms with E-state index in [4.69, 9.17) is 9.47 Å². The first kappa shape index (κ1) is 12.0. The first-order valence-electron chi connectivity index (χ1n) is 6.72. The summed E-state index contributed by atoms with van der Waals surface area (Å²) in [5.74, 6) is 1.54. The Balaban J connectivity index is 1.69. The van der Waals surface area contributed by atoms with Gasteiger partial charge in [-0.3, -0.25) is 0 Å². The molecule has 21 heavy (non-hydrogen) atoms. The summed E-state index contributed by atoms with van der Waals surface area (Å²) >= 11 is 0. The summed E-state index contributed by atoms with van der Waals surface area (Å²) in [5, 5.41) is 8.21. The van der Waals surface area contributed by atoms with E-state index in [1.54, 1.807) is 6.20 Å². The van der Waals surface area contributed by atoms with Crippen molar-refractivity contribution in [2.45, 2.75) is 6.54 Å². The Morgan fingerprint density at radius 1 is 1.00 bits per heavy atom. The topological polar surface area (TPSA) is 49.2 Å². The average Bonchev–Trinajstić information content (AvgIpc) is 3.16. The first-order chi connectivity index (χ1) is 10.4. The molecule has 0 amide bonds. The van der Waals surface area contributed by atoms with Gasteiger partial charge in [0.15, 0.2) is 11.5 Å². The highest BCUT2D eigenvalue weighted by molar-refractivity contribution is 5.64. The van der Waals surface area contributed by atoms with E-state index >= 15 is 0 Å². The van der Waals surface area contributed by atoms with Gasteiger partial charge in [0.25, 0.3) is 0 Å². The summed E-state index contributed by atoms with van der Waals surface area (Å²) in [7, 11) is 0. The van der Waals surface area contributed by atoms with E-state index in [0.29, 0.717) is 6.54 Å². The Labute approximate surface area is 121 Å². The molecule has 0 atom stereocenters. The number of rotatable bonds is 3. The molecule has 1 aliphatic heterocycles. The standard InChI is InChI=1S/C16H13N3O2/c1-2-4-12(5-3-1)10-19-14(9-17-18-19)13-6-7-15-16(8-13)21-11-20-15/h1-9H,10-11H2. The van der Waals surface area contributed by atoms with Crippen LogP contribution in [0.3, 0.4) is 0 Å². The van der Waals surface area contributed by atoms with Gasteiger partial charge >= 0.3 is 0 Å². The molecular formula is C16H13N3O2. The van der Waals surface area contributed by atoms with E-state index in [0.717, 1.165) is 22.8 Å². The second-order valence-corrected chi connectivity index (χ2v) is 4.83. The summed E-state index contributed by atoms with van der Waals surface area (Å²) in [6, 6.07) is 16.1. The molecule has 0 radical (unpaired) electrons. The van der Waals surface area contributed by atoms with E-state index in [1.807, 2.05) is 41.1 Å². The molecule has 2 aromatic carbocycles. The molecule has 0 aliphatic carbocycles. The van der Waals surface area contributed by atoms with Gasteiger partial charge in [0.05, 0.1) is 18.4 Å². The molecule has 1 aliphatic rings. The summed E-state index contributed by atoms with van der Waals surface area (Å²) in [6.07, 6.45) is 1.76. The van der Waals surface area contributed by atoms with Crippen molar-refractivity contribution in [2.75, 3.05) is 6.79 Å². The van der Waals surface area contributed by atoms with Crippen molar-refractivity contribution in [3.05, 3.63) is 60.3 Å². The third-order valence-corrected chi connectivity index (χ3v) is 3.46. The van der Waals surface area contributed by atoms with Crippen LogP contribution < -0.4 is 9.47 Å². The maximum Gasteiger partial charge on any atom is 0.231 e. The van der Waals surface area contributed by atoms with Crippen molar-refractivity contribution < 1.29 is 9.47 Å². The maximum atomic E-state index is 5.42. The maximum absolute atomic E-state index is 5.42. The number of nitrogens with zero attached hydrogens (tertiary/aromatic N) is 3. The fourth-order valence-corrected chi connectivity index (χ4v) is 2.41. The van der Waals surface area contributed by atoms with Gasteiger partial charge in [0.2, 0.25) is 6.79 Å². The molecule has 0 spiro atoms. The molecule has 5 nitrogen and oxygen atoms in total. The van der Waals surface area contributed by atoms with E-state index < -0.39 is 0 Å². The Bertz CT molecular complexity index is 768. The molecule has 0 fully saturated rings. The van der Waals surface area contributed by atoms with Crippen LogP contribution in [0.5, 0.6) is 11.5 Å². The van der Waals surface area contributed by atoms with Crippen LogP contribution in [0, 0.1) is 0 Å². The molecular weight excluding hydrogens is 266 g/mol. The number of ether oxygens (including phenoxy) is 2. The molecule has 0 N–H and O–H groups in total. The Morgan fingerprint density at radius 2 is 1.86 bits per heavy atom. The minimum Gasteiger partial charge on any atom is -0.454 e. The van der Waals surface area contributed by atoms with Gasteiger partial charge < -0.3 is 9.47 Å². The monoisotopic (exact) mass is 279 g/mol. The van der Waals surface area contributed by atoms with Crippen LogP contribution in [0.25, 0.3) is 11.3 Å². The minimum absolute atomic E-state index is 0.278. The second kappa shape index (κ2) is 4.94. The second-order valence-electron chi connectivity index (χ2n) is 4.83. The zero-order valence-electron chi connectivity index (χ0n) is 11.3. The molecule has 104 valence electrons. The molecule has 0 saturated heterocycles. The normalized spacial score (nSPS) is 12.6.